The summed E-state index contributed by atoms with van der Waals surface area (Å²) >= 11 is 4.95. The molecule has 0 atom stereocenters. The molecule has 0 saturated heterocycles. The molecule has 0 bridgehead atoms. The number of aromatic nitrogens is 4. The molecule has 0 aliphatic rings. The Hall–Kier alpha value is -3.71. The molecule has 0 aliphatic heterocycles. The van der Waals surface area contributed by atoms with E-state index in [1.54, 1.807) is 7.11 Å². The van der Waals surface area contributed by atoms with Gasteiger partial charge in [0.15, 0.2) is 5.82 Å². The van der Waals surface area contributed by atoms with Gasteiger partial charge in [-0.05, 0) is 47.6 Å². The number of H-pyrrole nitrogens is 2. The van der Waals surface area contributed by atoms with E-state index in [0.717, 1.165) is 33.6 Å². The van der Waals surface area contributed by atoms with Crippen LogP contribution in [0.15, 0.2) is 71.3 Å². The maximum Gasteiger partial charge on any atom is 0.314 e. The molecule has 3 heterocycles. The summed E-state index contributed by atoms with van der Waals surface area (Å²) in [4.78, 5) is 12.7. The predicted octanol–water partition coefficient (Wildman–Crippen LogP) is 5.54. The van der Waals surface area contributed by atoms with E-state index in [0.29, 0.717) is 17.9 Å². The number of methoxy groups -OCH3 is 1. The van der Waals surface area contributed by atoms with Crippen LogP contribution in [0.5, 0.6) is 5.75 Å². The number of rotatable bonds is 5. The van der Waals surface area contributed by atoms with Crippen molar-refractivity contribution in [2.75, 3.05) is 7.11 Å². The number of pyridine rings is 1. The lowest BCUT2D eigenvalue weighted by Gasteiger charge is -2.07. The van der Waals surface area contributed by atoms with E-state index in [4.69, 9.17) is 26.5 Å². The molecule has 0 unspecified atom stereocenters. The number of benzene rings is 2. The zero-order chi connectivity index (χ0) is 20.5. The number of ether oxygens (including phenoxy) is 1. The molecule has 7 heteroatoms. The third-order valence-electron chi connectivity index (χ3n) is 5.02. The zero-order valence-electron chi connectivity index (χ0n) is 16.2. The molecule has 0 amide bonds. The Morgan fingerprint density at radius 2 is 1.87 bits per heavy atom. The lowest BCUT2D eigenvalue weighted by molar-refractivity contribution is 0.406. The number of hydrogen-bond acceptors (Lipinski definition) is 5. The normalized spacial score (nSPS) is 11.1. The number of nitrogens with one attached hydrogen (secondary N) is 2. The van der Waals surface area contributed by atoms with Crippen LogP contribution in [0.4, 0.5) is 0 Å². The van der Waals surface area contributed by atoms with Gasteiger partial charge >= 0.3 is 4.84 Å². The van der Waals surface area contributed by atoms with Crippen molar-refractivity contribution in [1.29, 1.82) is 0 Å². The van der Waals surface area contributed by atoms with Gasteiger partial charge in [0.2, 0.25) is 0 Å². The molecule has 2 aromatic carbocycles. The van der Waals surface area contributed by atoms with Crippen LogP contribution in [-0.2, 0) is 6.42 Å². The van der Waals surface area contributed by atoms with Crippen LogP contribution < -0.4 is 4.74 Å². The highest BCUT2D eigenvalue weighted by Crippen LogP contribution is 2.33. The van der Waals surface area contributed by atoms with E-state index in [2.05, 4.69) is 33.3 Å². The molecule has 0 fully saturated rings. The van der Waals surface area contributed by atoms with Crippen molar-refractivity contribution < 1.29 is 9.26 Å². The van der Waals surface area contributed by atoms with Gasteiger partial charge in [0.05, 0.1) is 12.8 Å². The Morgan fingerprint density at radius 3 is 2.63 bits per heavy atom. The van der Waals surface area contributed by atoms with E-state index in [9.17, 15) is 0 Å². The maximum absolute atomic E-state index is 5.40. The van der Waals surface area contributed by atoms with Crippen molar-refractivity contribution in [3.8, 4) is 28.5 Å². The third-order valence-corrected chi connectivity index (χ3v) is 5.20. The van der Waals surface area contributed by atoms with Crippen molar-refractivity contribution >= 4 is 23.1 Å². The number of fused-ring (bicyclic) bond motifs is 1. The van der Waals surface area contributed by atoms with Crippen LogP contribution in [0, 0.1) is 4.84 Å². The summed E-state index contributed by atoms with van der Waals surface area (Å²) in [6.07, 6.45) is 0.656. The van der Waals surface area contributed by atoms with Crippen LogP contribution in [0.3, 0.4) is 0 Å². The van der Waals surface area contributed by atoms with E-state index >= 15 is 0 Å². The summed E-state index contributed by atoms with van der Waals surface area (Å²) in [7, 11) is 1.67. The van der Waals surface area contributed by atoms with Crippen molar-refractivity contribution in [3.63, 3.8) is 0 Å². The second-order valence-electron chi connectivity index (χ2n) is 6.88. The average Bonchev–Trinajstić information content (AvgIpc) is 3.38. The van der Waals surface area contributed by atoms with Gasteiger partial charge in [0, 0.05) is 29.1 Å². The van der Waals surface area contributed by atoms with Crippen LogP contribution in [0.1, 0.15) is 11.3 Å². The van der Waals surface area contributed by atoms with Crippen LogP contribution in [0.2, 0.25) is 0 Å². The summed E-state index contributed by atoms with van der Waals surface area (Å²) in [6.45, 7) is 0. The van der Waals surface area contributed by atoms with Gasteiger partial charge in [-0.1, -0.05) is 36.4 Å². The van der Waals surface area contributed by atoms with Crippen LogP contribution in [0.25, 0.3) is 33.7 Å². The van der Waals surface area contributed by atoms with Crippen molar-refractivity contribution in [2.24, 2.45) is 0 Å². The lowest BCUT2D eigenvalue weighted by Crippen LogP contribution is -1.96. The minimum absolute atomic E-state index is 0.161. The fourth-order valence-corrected chi connectivity index (χ4v) is 3.76. The molecule has 0 spiro atoms. The molecule has 5 aromatic rings. The molecule has 2 N–H and O–H groups in total. The predicted molar refractivity (Wildman–Crippen MR) is 118 cm³/mol. The fourth-order valence-electron chi connectivity index (χ4n) is 3.63. The molecule has 148 valence electrons. The number of nitrogens with zero attached hydrogens (tertiary/aromatic N) is 2. The second-order valence-corrected chi connectivity index (χ2v) is 7.23. The van der Waals surface area contributed by atoms with E-state index in [1.165, 1.54) is 5.56 Å². The third kappa shape index (κ3) is 3.40. The molecule has 3 aromatic heterocycles. The zero-order valence-corrected chi connectivity index (χ0v) is 17.0. The summed E-state index contributed by atoms with van der Waals surface area (Å²) in [5.41, 5.74) is 6.02. The first-order chi connectivity index (χ1) is 14.7. The van der Waals surface area contributed by atoms with Gasteiger partial charge in [0.1, 0.15) is 11.4 Å². The summed E-state index contributed by atoms with van der Waals surface area (Å²) in [5, 5.41) is 3.86. The van der Waals surface area contributed by atoms with Crippen molar-refractivity contribution in [3.05, 3.63) is 82.8 Å². The van der Waals surface area contributed by atoms with E-state index in [-0.39, 0.29) is 4.84 Å². The molecular formula is C23H18N4O2S. The first-order valence-electron chi connectivity index (χ1n) is 9.47. The minimum atomic E-state index is 0.161. The van der Waals surface area contributed by atoms with Gasteiger partial charge < -0.3 is 14.2 Å². The highest BCUT2D eigenvalue weighted by Gasteiger charge is 2.15. The topological polar surface area (TPSA) is 79.7 Å². The van der Waals surface area contributed by atoms with Gasteiger partial charge in [0.25, 0.3) is 0 Å². The van der Waals surface area contributed by atoms with Crippen LogP contribution in [-0.4, -0.2) is 27.2 Å². The SMILES string of the molecule is COc1ccc2c(Cc3cccc(-c4nc(=S)o[nH]4)n3)c(-c3ccccc3)[nH]c2c1. The Labute approximate surface area is 177 Å². The standard InChI is InChI=1S/C23H18N4O2S/c1-28-16-10-11-17-18(21(25-20(17)13-16)14-6-3-2-4-7-14)12-15-8-5-9-19(24-15)22-26-23(30)29-27-22/h2-11,13,25H,12H2,1H3,(H,26,27,30). The summed E-state index contributed by atoms with van der Waals surface area (Å²) < 4.78 is 10.4. The van der Waals surface area contributed by atoms with Crippen molar-refractivity contribution in [1.82, 2.24) is 20.1 Å². The molecular weight excluding hydrogens is 396 g/mol. The van der Waals surface area contributed by atoms with Gasteiger partial charge in [-0.25, -0.2) is 4.98 Å². The molecule has 0 aliphatic carbocycles. The first kappa shape index (κ1) is 18.3. The molecule has 0 saturated carbocycles. The lowest BCUT2D eigenvalue weighted by atomic mass is 10.0. The van der Waals surface area contributed by atoms with Gasteiger partial charge in [-0.3, -0.25) is 0 Å². The summed E-state index contributed by atoms with van der Waals surface area (Å²) in [5.74, 6) is 1.34. The Bertz CT molecular complexity index is 1390. The van der Waals surface area contributed by atoms with Crippen molar-refractivity contribution in [2.45, 2.75) is 6.42 Å². The fraction of sp³-hybridized carbons (Fsp3) is 0.0870. The van der Waals surface area contributed by atoms with E-state index < -0.39 is 0 Å². The van der Waals surface area contributed by atoms with Gasteiger partial charge in [-0.15, -0.1) is 0 Å². The quantitative estimate of drug-likeness (QED) is 0.369. The Kier molecular flexibility index (Phi) is 4.65. The smallest absolute Gasteiger partial charge is 0.314 e. The average molecular weight is 414 g/mol. The molecule has 6 nitrogen and oxygen atoms in total. The van der Waals surface area contributed by atoms with Crippen LogP contribution >= 0.6 is 12.2 Å². The van der Waals surface area contributed by atoms with Gasteiger partial charge in [-0.2, -0.15) is 10.1 Å². The molecule has 0 radical (unpaired) electrons. The highest BCUT2D eigenvalue weighted by atomic mass is 32.1. The molecule has 30 heavy (non-hydrogen) atoms. The van der Waals surface area contributed by atoms with E-state index in [1.807, 2.05) is 48.5 Å². The Balaban J connectivity index is 1.62. The monoisotopic (exact) mass is 414 g/mol. The summed E-state index contributed by atoms with van der Waals surface area (Å²) in [6, 6.07) is 22.2. The second kappa shape index (κ2) is 7.61. The maximum atomic E-state index is 5.40. The first-order valence-corrected chi connectivity index (χ1v) is 9.88. The highest BCUT2D eigenvalue weighted by molar-refractivity contribution is 7.71. The largest absolute Gasteiger partial charge is 0.497 e. The molecule has 5 rings (SSSR count). The Morgan fingerprint density at radius 1 is 1.00 bits per heavy atom. The number of hydrogen-bond donors (Lipinski definition) is 2. The minimum Gasteiger partial charge on any atom is -0.497 e. The number of aromatic amines is 2.